The molecule has 2 aliphatic heterocycles. The third-order valence-corrected chi connectivity index (χ3v) is 11.9. The van der Waals surface area contributed by atoms with Crippen LogP contribution in [0.4, 0.5) is 10.5 Å². The molecule has 1 fully saturated rings. The molecule has 0 aromatic heterocycles. The molecule has 1 aliphatic carbocycles. The lowest BCUT2D eigenvalue weighted by Gasteiger charge is -2.49. The van der Waals surface area contributed by atoms with E-state index in [-0.39, 0.29) is 22.4 Å². The minimum Gasteiger partial charge on any atom is -0.311 e. The van der Waals surface area contributed by atoms with Crippen LogP contribution in [-0.4, -0.2) is 49.4 Å². The lowest BCUT2D eigenvalue weighted by Crippen LogP contribution is -2.55. The van der Waals surface area contributed by atoms with Crippen LogP contribution in [0.3, 0.4) is 0 Å². The van der Waals surface area contributed by atoms with E-state index < -0.39 is 13.6 Å². The summed E-state index contributed by atoms with van der Waals surface area (Å²) in [6.07, 6.45) is 3.07. The second kappa shape index (κ2) is 8.07. The Kier molecular flexibility index (Phi) is 5.87. The topological polar surface area (TPSA) is 73.8 Å². The van der Waals surface area contributed by atoms with Gasteiger partial charge in [0.1, 0.15) is 5.84 Å². The monoisotopic (exact) mass is 480 g/mol. The molecule has 6 nitrogen and oxygen atoms in total. The van der Waals surface area contributed by atoms with Gasteiger partial charge in [-0.3, -0.25) is 9.79 Å². The van der Waals surface area contributed by atoms with Crippen molar-refractivity contribution >= 4 is 31.5 Å². The average molecular weight is 481 g/mol. The van der Waals surface area contributed by atoms with E-state index in [9.17, 15) is 9.59 Å². The van der Waals surface area contributed by atoms with Crippen molar-refractivity contribution in [1.29, 1.82) is 0 Å². The van der Waals surface area contributed by atoms with Crippen molar-refractivity contribution in [3.63, 3.8) is 0 Å². The van der Waals surface area contributed by atoms with Crippen LogP contribution >= 0.6 is 0 Å². The van der Waals surface area contributed by atoms with E-state index >= 15 is 0 Å². The van der Waals surface area contributed by atoms with Gasteiger partial charge in [-0.2, -0.15) is 0 Å². The first-order chi connectivity index (χ1) is 15.7. The van der Waals surface area contributed by atoms with Gasteiger partial charge in [0.25, 0.3) is 0 Å². The first kappa shape index (κ1) is 24.7. The number of rotatable bonds is 3. The van der Waals surface area contributed by atoms with Crippen LogP contribution in [0.15, 0.2) is 40.4 Å². The number of nitrogens with one attached hydrogen (secondary N) is 2. The van der Waals surface area contributed by atoms with Crippen LogP contribution < -0.4 is 10.6 Å². The van der Waals surface area contributed by atoms with Crippen molar-refractivity contribution in [3.8, 4) is 0 Å². The Bertz CT molecular complexity index is 1080. The smallest absolute Gasteiger partial charge is 0.311 e. The molecule has 4 rings (SSSR count). The number of aliphatic imine (C=N–C) groups is 1. The average Bonchev–Trinajstić information content (AvgIpc) is 3.17. The maximum atomic E-state index is 13.5. The molecule has 0 unspecified atom stereocenters. The van der Waals surface area contributed by atoms with Crippen LogP contribution in [0.5, 0.6) is 0 Å². The Morgan fingerprint density at radius 2 is 1.71 bits per heavy atom. The molecule has 0 bridgehead atoms. The quantitative estimate of drug-likeness (QED) is 0.545. The van der Waals surface area contributed by atoms with Crippen molar-refractivity contribution in [1.82, 2.24) is 10.2 Å². The van der Waals surface area contributed by atoms with E-state index in [1.807, 2.05) is 23.1 Å². The van der Waals surface area contributed by atoms with Gasteiger partial charge in [0.15, 0.2) is 0 Å². The van der Waals surface area contributed by atoms with Crippen LogP contribution in [-0.2, 0) is 10.2 Å². The second-order valence-electron chi connectivity index (χ2n) is 12.6. The van der Waals surface area contributed by atoms with Gasteiger partial charge >= 0.3 is 6.03 Å². The molecule has 3 aliphatic rings. The van der Waals surface area contributed by atoms with E-state index in [1.165, 1.54) is 0 Å². The predicted molar refractivity (Wildman–Crippen MR) is 142 cm³/mol. The number of benzene rings is 1. The maximum Gasteiger partial charge on any atom is 0.322 e. The van der Waals surface area contributed by atoms with E-state index in [1.54, 1.807) is 0 Å². The Balaban J connectivity index is 1.52. The highest BCUT2D eigenvalue weighted by molar-refractivity contribution is 6.82. The zero-order chi connectivity index (χ0) is 25.1. The summed E-state index contributed by atoms with van der Waals surface area (Å²) in [7, 11) is -1.67. The van der Waals surface area contributed by atoms with Crippen molar-refractivity contribution < 1.29 is 9.59 Å². The fourth-order valence-corrected chi connectivity index (χ4v) is 8.29. The summed E-state index contributed by atoms with van der Waals surface area (Å²) >= 11 is 0. The summed E-state index contributed by atoms with van der Waals surface area (Å²) in [5, 5.41) is 6.16. The van der Waals surface area contributed by atoms with Gasteiger partial charge in [-0.25, -0.2) is 4.79 Å². The summed E-state index contributed by atoms with van der Waals surface area (Å²) in [5.41, 5.74) is 3.52. The molecule has 0 saturated heterocycles. The first-order valence-corrected chi connectivity index (χ1v) is 16.0. The van der Waals surface area contributed by atoms with Crippen molar-refractivity contribution in [3.05, 3.63) is 41.0 Å². The predicted octanol–water partition coefficient (Wildman–Crippen LogP) is 5.70. The maximum absolute atomic E-state index is 13.5. The van der Waals surface area contributed by atoms with E-state index in [0.717, 1.165) is 41.7 Å². The van der Waals surface area contributed by atoms with E-state index in [0.29, 0.717) is 18.9 Å². The van der Waals surface area contributed by atoms with Gasteiger partial charge in [0.2, 0.25) is 5.91 Å². The lowest BCUT2D eigenvalue weighted by atomic mass is 9.83. The zero-order valence-electron chi connectivity index (χ0n) is 22.1. The number of urea groups is 1. The molecule has 2 N–H and O–H groups in total. The van der Waals surface area contributed by atoms with Crippen LogP contribution in [0.25, 0.3) is 0 Å². The molecular weight excluding hydrogens is 440 g/mol. The molecular formula is C27H40N4O2Si. The Morgan fingerprint density at radius 3 is 2.26 bits per heavy atom. The fraction of sp³-hybridized carbons (Fsp3) is 0.593. The highest BCUT2D eigenvalue weighted by atomic mass is 28.3. The zero-order valence-corrected chi connectivity index (χ0v) is 23.1. The van der Waals surface area contributed by atoms with Gasteiger partial charge in [-0.1, -0.05) is 65.0 Å². The number of hydrogen-bond acceptors (Lipinski definition) is 3. The Labute approximate surface area is 205 Å². The van der Waals surface area contributed by atoms with Gasteiger partial charge < -0.3 is 15.5 Å². The summed E-state index contributed by atoms with van der Waals surface area (Å²) < 4.78 is 0. The van der Waals surface area contributed by atoms with E-state index in [2.05, 4.69) is 71.0 Å². The summed E-state index contributed by atoms with van der Waals surface area (Å²) in [4.78, 5) is 33.5. The number of hydrogen-bond donors (Lipinski definition) is 2. The molecule has 3 amide bonds. The number of carbonyl (C=O) groups excluding carboxylic acids is 2. The van der Waals surface area contributed by atoms with Crippen molar-refractivity contribution in [2.75, 3.05) is 18.4 Å². The summed E-state index contributed by atoms with van der Waals surface area (Å²) in [6.45, 7) is 18.4. The normalized spacial score (nSPS) is 21.1. The van der Waals surface area contributed by atoms with Crippen molar-refractivity contribution in [2.45, 2.75) is 89.5 Å². The van der Waals surface area contributed by atoms with E-state index in [4.69, 9.17) is 4.99 Å². The Morgan fingerprint density at radius 1 is 1.06 bits per heavy atom. The highest BCUT2D eigenvalue weighted by Crippen LogP contribution is 2.55. The molecule has 7 heteroatoms. The molecule has 1 saturated carbocycles. The fourth-order valence-electron chi connectivity index (χ4n) is 5.69. The number of carbonyl (C=O) groups is 2. The van der Waals surface area contributed by atoms with Crippen LogP contribution in [0.2, 0.25) is 24.7 Å². The minimum atomic E-state index is -1.67. The molecule has 34 heavy (non-hydrogen) atoms. The summed E-state index contributed by atoms with van der Waals surface area (Å²) in [5.74, 6) is 0.799. The van der Waals surface area contributed by atoms with Crippen LogP contribution in [0.1, 0.15) is 59.4 Å². The molecule has 0 radical (unpaired) electrons. The molecule has 1 aromatic rings. The molecule has 2 heterocycles. The van der Waals surface area contributed by atoms with Crippen LogP contribution in [0, 0.1) is 0 Å². The summed E-state index contributed by atoms with van der Waals surface area (Å²) in [6, 6.07) is 7.86. The third kappa shape index (κ3) is 3.92. The number of amidine groups is 1. The lowest BCUT2D eigenvalue weighted by molar-refractivity contribution is -0.125. The standard InChI is InChI=1S/C27H40N4O2Si/c1-25(2,3)19-12-9-10-13-21(19)29-24(33)31-17-18-20(26(31,4)5)16-28-22(18)30-23(32)27(14-11-15-27)34(6,7)8/h9-10,12-13H,11,14-17H2,1-8H3,(H,29,33)(H,28,30,32). The number of amides is 3. The molecule has 1 aromatic carbocycles. The number of anilines is 1. The SMILES string of the molecule is CC(C)(C)c1ccccc1NC(=O)N1CC2=C(CN=C2NC(=O)C2([Si](C)(C)C)CCC2)C1(C)C. The van der Waals surface area contributed by atoms with Gasteiger partial charge in [-0.15, -0.1) is 0 Å². The third-order valence-electron chi connectivity index (χ3n) is 8.31. The largest absolute Gasteiger partial charge is 0.322 e. The highest BCUT2D eigenvalue weighted by Gasteiger charge is 2.54. The minimum absolute atomic E-state index is 0.0810. The molecule has 184 valence electrons. The molecule has 0 atom stereocenters. The first-order valence-electron chi connectivity index (χ1n) is 12.5. The Hall–Kier alpha value is -2.41. The number of para-hydroxylation sites is 1. The van der Waals surface area contributed by atoms with Gasteiger partial charge in [-0.05, 0) is 49.3 Å². The van der Waals surface area contributed by atoms with Crippen molar-refractivity contribution in [2.24, 2.45) is 4.99 Å². The second-order valence-corrected chi connectivity index (χ2v) is 18.1. The van der Waals surface area contributed by atoms with Gasteiger partial charge in [0, 0.05) is 16.3 Å². The van der Waals surface area contributed by atoms with Gasteiger partial charge in [0.05, 0.1) is 26.7 Å². The number of nitrogens with zero attached hydrogens (tertiary/aromatic N) is 2. The molecule has 0 spiro atoms.